The Hall–Kier alpha value is -0.880. The Kier molecular flexibility index (Phi) is 8.60. The van der Waals surface area contributed by atoms with Crippen LogP contribution in [-0.2, 0) is 40.7 Å². The molecule has 24 heteroatoms. The largest absolute Gasteiger partial charge is 0.490 e. The van der Waals surface area contributed by atoms with Gasteiger partial charge in [-0.2, -0.15) is 8.62 Å². The Labute approximate surface area is 181 Å². The van der Waals surface area contributed by atoms with E-state index in [1.165, 1.54) is 0 Å². The third-order valence-corrected chi connectivity index (χ3v) is 7.84. The molecule has 1 aliphatic heterocycles. The number of aromatic nitrogens is 2. The summed E-state index contributed by atoms with van der Waals surface area (Å²) in [6.07, 6.45) is -6.90. The van der Waals surface area contributed by atoms with E-state index in [0.29, 0.717) is 4.57 Å². The minimum Gasteiger partial charge on any atom is -0.387 e. The highest BCUT2D eigenvalue weighted by atomic mass is 31.3. The zero-order valence-electron chi connectivity index (χ0n) is 15.5. The van der Waals surface area contributed by atoms with Gasteiger partial charge in [0.25, 0.3) is 5.56 Å². The fourth-order valence-corrected chi connectivity index (χ4v) is 6.03. The molecule has 0 bridgehead atoms. The molecule has 33 heavy (non-hydrogen) atoms. The first kappa shape index (κ1) is 28.4. The summed E-state index contributed by atoms with van der Waals surface area (Å²) in [5, 5.41) is 10.3. The van der Waals surface area contributed by atoms with E-state index in [1.54, 1.807) is 4.98 Å². The molecule has 6 atom stereocenters. The number of nitrogens with zero attached hydrogens (tertiary/aromatic N) is 1. The highest BCUT2D eigenvalue weighted by Gasteiger charge is 2.50. The van der Waals surface area contributed by atoms with Crippen molar-refractivity contribution >= 4 is 31.3 Å². The van der Waals surface area contributed by atoms with Crippen LogP contribution in [0.2, 0.25) is 0 Å². The number of hydrogen-bond donors (Lipinski definition) is 8. The zero-order chi connectivity index (χ0) is 25.4. The van der Waals surface area contributed by atoms with E-state index in [9.17, 15) is 37.8 Å². The molecule has 2 rings (SSSR count). The number of phosphoric ester groups is 2. The first-order chi connectivity index (χ1) is 14.8. The van der Waals surface area contributed by atoms with Crippen molar-refractivity contribution < 1.29 is 75.1 Å². The lowest BCUT2D eigenvalue weighted by Gasteiger charge is -2.22. The van der Waals surface area contributed by atoms with Crippen LogP contribution in [0.25, 0.3) is 0 Å². The summed E-state index contributed by atoms with van der Waals surface area (Å²) >= 11 is 0. The van der Waals surface area contributed by atoms with Gasteiger partial charge in [0.05, 0.1) is 6.61 Å². The summed E-state index contributed by atoms with van der Waals surface area (Å²) in [5.74, 6) is 0. The third-order valence-electron chi connectivity index (χ3n) is 3.51. The summed E-state index contributed by atoms with van der Waals surface area (Å²) in [6.45, 7) is -1.22. The van der Waals surface area contributed by atoms with Gasteiger partial charge >= 0.3 is 37.0 Å². The summed E-state index contributed by atoms with van der Waals surface area (Å²) in [5.41, 5.74) is -2.01. The summed E-state index contributed by atoms with van der Waals surface area (Å²) in [6, 6.07) is 0.811. The molecule has 0 aliphatic carbocycles. The van der Waals surface area contributed by atoms with Crippen LogP contribution in [0, 0.1) is 0 Å². The molecule has 1 saturated heterocycles. The second-order valence-electron chi connectivity index (χ2n) is 6.02. The Bertz CT molecular complexity index is 1160. The van der Waals surface area contributed by atoms with E-state index in [4.69, 9.17) is 29.2 Å². The van der Waals surface area contributed by atoms with Crippen LogP contribution >= 0.6 is 31.3 Å². The smallest absolute Gasteiger partial charge is 0.387 e. The molecule has 1 aliphatic rings. The zero-order valence-corrected chi connectivity index (χ0v) is 19.1. The fraction of sp³-hybridized carbons (Fsp3) is 0.556. The lowest BCUT2D eigenvalue weighted by Crippen LogP contribution is -2.38. The van der Waals surface area contributed by atoms with E-state index in [-0.39, 0.29) is 0 Å². The number of aliphatic hydroxyl groups is 1. The molecule has 1 aromatic rings. The molecule has 0 aromatic carbocycles. The van der Waals surface area contributed by atoms with E-state index in [2.05, 4.69) is 17.7 Å². The van der Waals surface area contributed by atoms with Crippen molar-refractivity contribution in [3.8, 4) is 0 Å². The standard InChI is InChI=1S/C9H16N2O18P4/c12-5-1-2-11(9(14)10-5)8-7(27-30(15,16)17)6(13)4(26-8)3-25-32(21,22)29-33(23,24)28-31(18,19)20/h1-2,4,6-8,13H,3H2,(H,21,22)(H,23,24)(H,10,12,14)(H2,15,16,17)(H2,18,19,20)/t4-,6-,7-,8-/m1/s1. The van der Waals surface area contributed by atoms with Crippen molar-refractivity contribution in [2.75, 3.05) is 6.61 Å². The van der Waals surface area contributed by atoms with Crippen LogP contribution in [0.15, 0.2) is 21.9 Å². The molecular formula is C9H16N2O18P4. The van der Waals surface area contributed by atoms with Gasteiger partial charge in [0.1, 0.15) is 18.3 Å². The number of nitrogens with one attached hydrogen (secondary N) is 1. The van der Waals surface area contributed by atoms with Gasteiger partial charge in [-0.05, 0) is 0 Å². The quantitative estimate of drug-likeness (QED) is 0.137. The summed E-state index contributed by atoms with van der Waals surface area (Å²) in [4.78, 5) is 78.5. The lowest BCUT2D eigenvalue weighted by atomic mass is 10.1. The Morgan fingerprint density at radius 3 is 2.09 bits per heavy atom. The van der Waals surface area contributed by atoms with Gasteiger partial charge in [0.2, 0.25) is 0 Å². The molecule has 0 radical (unpaired) electrons. The van der Waals surface area contributed by atoms with Gasteiger partial charge in [-0.1, -0.05) is 0 Å². The van der Waals surface area contributed by atoms with E-state index < -0.39 is 73.7 Å². The molecule has 2 heterocycles. The van der Waals surface area contributed by atoms with Crippen molar-refractivity contribution in [3.05, 3.63) is 33.1 Å². The molecule has 190 valence electrons. The average Bonchev–Trinajstić information content (AvgIpc) is 2.84. The van der Waals surface area contributed by atoms with Gasteiger partial charge in [0.15, 0.2) is 6.23 Å². The summed E-state index contributed by atoms with van der Waals surface area (Å²) < 4.78 is 66.3. The maximum absolute atomic E-state index is 12.0. The van der Waals surface area contributed by atoms with Crippen LogP contribution in [-0.4, -0.2) is 68.9 Å². The molecule has 8 N–H and O–H groups in total. The number of hydrogen-bond acceptors (Lipinski definition) is 12. The topological polar surface area (TPSA) is 311 Å². The van der Waals surface area contributed by atoms with Crippen LogP contribution in [0.1, 0.15) is 6.23 Å². The van der Waals surface area contributed by atoms with Gasteiger partial charge in [-0.25, -0.2) is 23.1 Å². The van der Waals surface area contributed by atoms with Crippen LogP contribution in [0.3, 0.4) is 0 Å². The molecule has 0 spiro atoms. The Morgan fingerprint density at radius 1 is 0.970 bits per heavy atom. The molecule has 1 aromatic heterocycles. The molecule has 0 saturated carbocycles. The molecule has 2 unspecified atom stereocenters. The van der Waals surface area contributed by atoms with Crippen molar-refractivity contribution in [1.29, 1.82) is 0 Å². The summed E-state index contributed by atoms with van der Waals surface area (Å²) in [7, 11) is -22.4. The number of aromatic amines is 1. The maximum Gasteiger partial charge on any atom is 0.490 e. The van der Waals surface area contributed by atoms with Crippen molar-refractivity contribution in [2.24, 2.45) is 0 Å². The minimum absolute atomic E-state index is 0.551. The van der Waals surface area contributed by atoms with Gasteiger partial charge in [-0.15, -0.1) is 0 Å². The minimum atomic E-state index is -5.83. The predicted molar refractivity (Wildman–Crippen MR) is 98.0 cm³/mol. The monoisotopic (exact) mass is 564 g/mol. The number of phosphoric acid groups is 4. The van der Waals surface area contributed by atoms with Crippen molar-refractivity contribution in [2.45, 2.75) is 24.5 Å². The van der Waals surface area contributed by atoms with Gasteiger partial charge in [-0.3, -0.25) is 23.4 Å². The SMILES string of the molecule is O=c1ccn([C@@H]2O[C@H](COP(=O)(O)OP(=O)(O)OP(=O)(O)O)[C@@H](O)[C@H]2OP(=O)(O)O)c(=O)[nH]1. The number of ether oxygens (including phenoxy) is 1. The highest BCUT2D eigenvalue weighted by Crippen LogP contribution is 2.66. The molecule has 20 nitrogen and oxygen atoms in total. The van der Waals surface area contributed by atoms with E-state index >= 15 is 0 Å². The fourth-order valence-electron chi connectivity index (χ4n) is 2.45. The molecule has 1 fully saturated rings. The average molecular weight is 564 g/mol. The number of H-pyrrole nitrogens is 1. The van der Waals surface area contributed by atoms with E-state index in [1.807, 2.05) is 0 Å². The number of aliphatic hydroxyl groups excluding tert-OH is 1. The van der Waals surface area contributed by atoms with Crippen LogP contribution < -0.4 is 11.2 Å². The second kappa shape index (κ2) is 10.0. The normalized spacial score (nSPS) is 27.7. The van der Waals surface area contributed by atoms with Gasteiger partial charge in [0, 0.05) is 12.3 Å². The maximum atomic E-state index is 12.0. The van der Waals surface area contributed by atoms with Crippen LogP contribution in [0.4, 0.5) is 0 Å². The van der Waals surface area contributed by atoms with E-state index in [0.717, 1.165) is 12.3 Å². The third kappa shape index (κ3) is 8.69. The number of rotatable bonds is 10. The van der Waals surface area contributed by atoms with Crippen molar-refractivity contribution in [1.82, 2.24) is 9.55 Å². The Morgan fingerprint density at radius 2 is 1.58 bits per heavy atom. The first-order valence-electron chi connectivity index (χ1n) is 7.96. The highest BCUT2D eigenvalue weighted by molar-refractivity contribution is 7.66. The molecule has 0 amide bonds. The molecular weight excluding hydrogens is 548 g/mol. The van der Waals surface area contributed by atoms with Gasteiger partial charge < -0.3 is 39.2 Å². The Balaban J connectivity index is 2.21. The first-order valence-corrected chi connectivity index (χ1v) is 14.0. The lowest BCUT2D eigenvalue weighted by molar-refractivity contribution is -0.0535. The second-order valence-corrected chi connectivity index (χ2v) is 11.6. The van der Waals surface area contributed by atoms with Crippen molar-refractivity contribution in [3.63, 3.8) is 0 Å². The van der Waals surface area contributed by atoms with Crippen LogP contribution in [0.5, 0.6) is 0 Å². The predicted octanol–water partition coefficient (Wildman–Crippen LogP) is -2.38.